The molecule has 0 aliphatic rings. The molecule has 1 aromatic rings. The number of benzene rings is 1. The van der Waals surface area contributed by atoms with E-state index in [2.05, 4.69) is 10.6 Å². The molecule has 21 heavy (non-hydrogen) atoms. The molecular weight excluding hydrogens is 310 g/mol. The largest absolute Gasteiger partial charge is 0.385 e. The second-order valence-electron chi connectivity index (χ2n) is 4.51. The van der Waals surface area contributed by atoms with Gasteiger partial charge in [-0.25, -0.2) is 8.42 Å². The Hall–Kier alpha value is -1.38. The number of nitrogens with one attached hydrogen (secondary N) is 2. The Morgan fingerprint density at radius 1 is 1.43 bits per heavy atom. The van der Waals surface area contributed by atoms with Gasteiger partial charge in [0.05, 0.1) is 11.9 Å². The minimum atomic E-state index is -3.28. The maximum absolute atomic E-state index is 11.5. The normalized spacial score (nSPS) is 11.0. The minimum Gasteiger partial charge on any atom is -0.385 e. The molecule has 6 nitrogen and oxygen atoms in total. The molecule has 0 fully saturated rings. The van der Waals surface area contributed by atoms with Gasteiger partial charge in [0.2, 0.25) is 10.0 Å². The van der Waals surface area contributed by atoms with Gasteiger partial charge in [0.25, 0.3) is 0 Å². The molecule has 0 saturated carbocycles. The Labute approximate surface area is 131 Å². The lowest BCUT2D eigenvalue weighted by atomic mass is 10.3. The van der Waals surface area contributed by atoms with E-state index in [-0.39, 0.29) is 0 Å². The molecule has 0 saturated heterocycles. The summed E-state index contributed by atoms with van der Waals surface area (Å²) in [5.74, 6) is 0. The first-order valence-corrected chi connectivity index (χ1v) is 8.68. The lowest BCUT2D eigenvalue weighted by Crippen LogP contribution is -2.30. The van der Waals surface area contributed by atoms with Crippen LogP contribution in [0.5, 0.6) is 0 Å². The summed E-state index contributed by atoms with van der Waals surface area (Å²) in [7, 11) is -0.116. The highest BCUT2D eigenvalue weighted by molar-refractivity contribution is 7.92. The van der Waals surface area contributed by atoms with Crippen molar-refractivity contribution in [2.75, 3.05) is 43.2 Å². The van der Waals surface area contributed by atoms with Crippen molar-refractivity contribution < 1.29 is 13.2 Å². The van der Waals surface area contributed by atoms with E-state index in [1.165, 1.54) is 11.4 Å². The molecule has 1 aromatic carbocycles. The van der Waals surface area contributed by atoms with E-state index < -0.39 is 10.0 Å². The van der Waals surface area contributed by atoms with E-state index in [1.54, 1.807) is 25.3 Å². The lowest BCUT2D eigenvalue weighted by molar-refractivity contribution is 0.196. The van der Waals surface area contributed by atoms with Crippen LogP contribution in [0, 0.1) is 0 Å². The smallest absolute Gasteiger partial charge is 0.231 e. The SMILES string of the molecule is COCCCNC(=S)Nc1cccc(N(C)S(C)(=O)=O)c1. The molecule has 0 aromatic heterocycles. The van der Waals surface area contributed by atoms with E-state index in [0.29, 0.717) is 24.0 Å². The zero-order valence-electron chi connectivity index (χ0n) is 12.4. The third-order valence-electron chi connectivity index (χ3n) is 2.78. The van der Waals surface area contributed by atoms with Gasteiger partial charge in [0, 0.05) is 33.0 Å². The average Bonchev–Trinajstić information content (AvgIpc) is 2.42. The summed E-state index contributed by atoms with van der Waals surface area (Å²) in [6, 6.07) is 7.04. The van der Waals surface area contributed by atoms with Crippen LogP contribution in [0.15, 0.2) is 24.3 Å². The fraction of sp³-hybridized carbons (Fsp3) is 0.462. The van der Waals surface area contributed by atoms with Gasteiger partial charge in [-0.3, -0.25) is 4.31 Å². The van der Waals surface area contributed by atoms with Gasteiger partial charge >= 0.3 is 0 Å². The molecule has 118 valence electrons. The molecule has 0 aliphatic heterocycles. The highest BCUT2D eigenvalue weighted by atomic mass is 32.2. The fourth-order valence-electron chi connectivity index (χ4n) is 1.56. The zero-order valence-corrected chi connectivity index (χ0v) is 14.1. The maximum Gasteiger partial charge on any atom is 0.231 e. The average molecular weight is 331 g/mol. The highest BCUT2D eigenvalue weighted by Crippen LogP contribution is 2.20. The van der Waals surface area contributed by atoms with Crippen LogP contribution in [-0.2, 0) is 14.8 Å². The van der Waals surface area contributed by atoms with Gasteiger partial charge < -0.3 is 15.4 Å². The van der Waals surface area contributed by atoms with Crippen molar-refractivity contribution in [2.24, 2.45) is 0 Å². The van der Waals surface area contributed by atoms with Crippen LogP contribution in [-0.4, -0.2) is 47.1 Å². The Morgan fingerprint density at radius 2 is 2.14 bits per heavy atom. The van der Waals surface area contributed by atoms with Gasteiger partial charge in [-0.05, 0) is 36.8 Å². The summed E-state index contributed by atoms with van der Waals surface area (Å²) in [6.45, 7) is 1.38. The van der Waals surface area contributed by atoms with Crippen molar-refractivity contribution in [3.05, 3.63) is 24.3 Å². The van der Waals surface area contributed by atoms with Crippen LogP contribution in [0.3, 0.4) is 0 Å². The van der Waals surface area contributed by atoms with Crippen LogP contribution >= 0.6 is 12.2 Å². The molecule has 0 aliphatic carbocycles. The maximum atomic E-state index is 11.5. The Morgan fingerprint density at radius 3 is 2.76 bits per heavy atom. The summed E-state index contributed by atoms with van der Waals surface area (Å²) in [5, 5.41) is 6.57. The standard InChI is InChI=1S/C13H21N3O3S2/c1-16(21(3,17)18)12-7-4-6-11(10-12)15-13(20)14-8-5-9-19-2/h4,6-7,10H,5,8-9H2,1-3H3,(H2,14,15,20). The summed E-state index contributed by atoms with van der Waals surface area (Å²) in [6.07, 6.45) is 2.02. The number of nitrogens with zero attached hydrogens (tertiary/aromatic N) is 1. The summed E-state index contributed by atoms with van der Waals surface area (Å²) in [4.78, 5) is 0. The van der Waals surface area contributed by atoms with E-state index in [9.17, 15) is 8.42 Å². The molecular formula is C13H21N3O3S2. The molecule has 0 amide bonds. The predicted octanol–water partition coefficient (Wildman–Crippen LogP) is 1.41. The van der Waals surface area contributed by atoms with Crippen molar-refractivity contribution in [2.45, 2.75) is 6.42 Å². The molecule has 0 radical (unpaired) electrons. The number of anilines is 2. The van der Waals surface area contributed by atoms with Crippen molar-refractivity contribution in [1.29, 1.82) is 0 Å². The molecule has 0 spiro atoms. The molecule has 0 atom stereocenters. The Bertz CT molecular complexity index is 576. The lowest BCUT2D eigenvalue weighted by Gasteiger charge is -2.18. The molecule has 0 heterocycles. The first-order chi connectivity index (χ1) is 9.84. The molecule has 0 unspecified atom stereocenters. The molecule has 1 rings (SSSR count). The third-order valence-corrected chi connectivity index (χ3v) is 4.23. The number of methoxy groups -OCH3 is 1. The van der Waals surface area contributed by atoms with Gasteiger partial charge in [-0.2, -0.15) is 0 Å². The summed E-state index contributed by atoms with van der Waals surface area (Å²) < 4.78 is 29.2. The van der Waals surface area contributed by atoms with Crippen LogP contribution < -0.4 is 14.9 Å². The van der Waals surface area contributed by atoms with E-state index in [0.717, 1.165) is 18.4 Å². The van der Waals surface area contributed by atoms with E-state index in [4.69, 9.17) is 17.0 Å². The molecule has 2 N–H and O–H groups in total. The number of rotatable bonds is 7. The second kappa shape index (κ2) is 8.16. The molecule has 8 heteroatoms. The quantitative estimate of drug-likeness (QED) is 0.581. The van der Waals surface area contributed by atoms with E-state index in [1.807, 2.05) is 6.07 Å². The topological polar surface area (TPSA) is 70.7 Å². The third kappa shape index (κ3) is 6.28. The number of sulfonamides is 1. The number of ether oxygens (including phenoxy) is 1. The van der Waals surface area contributed by atoms with Crippen LogP contribution in [0.25, 0.3) is 0 Å². The van der Waals surface area contributed by atoms with Crippen LogP contribution in [0.2, 0.25) is 0 Å². The van der Waals surface area contributed by atoms with Crippen LogP contribution in [0.4, 0.5) is 11.4 Å². The number of thiocarbonyl (C=S) groups is 1. The van der Waals surface area contributed by atoms with Gasteiger partial charge in [0.1, 0.15) is 0 Å². The minimum absolute atomic E-state index is 0.491. The van der Waals surface area contributed by atoms with Gasteiger partial charge in [-0.15, -0.1) is 0 Å². The number of hydrogen-bond donors (Lipinski definition) is 2. The van der Waals surface area contributed by atoms with Crippen molar-refractivity contribution >= 4 is 38.7 Å². The van der Waals surface area contributed by atoms with Crippen molar-refractivity contribution in [3.63, 3.8) is 0 Å². The summed E-state index contributed by atoms with van der Waals surface area (Å²) in [5.41, 5.74) is 1.30. The first-order valence-electron chi connectivity index (χ1n) is 6.42. The monoisotopic (exact) mass is 331 g/mol. The Balaban J connectivity index is 2.62. The predicted molar refractivity (Wildman–Crippen MR) is 90.4 cm³/mol. The zero-order chi connectivity index (χ0) is 15.9. The molecule has 0 bridgehead atoms. The Kier molecular flexibility index (Phi) is 6.86. The first kappa shape index (κ1) is 17.7. The fourth-order valence-corrected chi connectivity index (χ4v) is 2.28. The van der Waals surface area contributed by atoms with E-state index >= 15 is 0 Å². The second-order valence-corrected chi connectivity index (χ2v) is 6.93. The van der Waals surface area contributed by atoms with Crippen molar-refractivity contribution in [1.82, 2.24) is 5.32 Å². The van der Waals surface area contributed by atoms with Gasteiger partial charge in [-0.1, -0.05) is 6.07 Å². The number of hydrogen-bond acceptors (Lipinski definition) is 4. The van der Waals surface area contributed by atoms with Crippen LogP contribution in [0.1, 0.15) is 6.42 Å². The van der Waals surface area contributed by atoms with Gasteiger partial charge in [0.15, 0.2) is 5.11 Å². The summed E-state index contributed by atoms with van der Waals surface area (Å²) >= 11 is 5.17. The van der Waals surface area contributed by atoms with Crippen molar-refractivity contribution in [3.8, 4) is 0 Å². The highest BCUT2D eigenvalue weighted by Gasteiger charge is 2.12.